The van der Waals surface area contributed by atoms with Crippen LogP contribution in [0.25, 0.3) is 0 Å². The van der Waals surface area contributed by atoms with Crippen molar-refractivity contribution in [3.8, 4) is 0 Å². The Kier molecular flexibility index (Phi) is 3.81. The van der Waals surface area contributed by atoms with E-state index < -0.39 is 0 Å². The van der Waals surface area contributed by atoms with E-state index in [4.69, 9.17) is 0 Å². The average Bonchev–Trinajstić information content (AvgIpc) is 2.83. The summed E-state index contributed by atoms with van der Waals surface area (Å²) in [7, 11) is 0. The van der Waals surface area contributed by atoms with Crippen LogP contribution in [0.15, 0.2) is 18.2 Å². The highest BCUT2D eigenvalue weighted by atomic mass is 16.3. The van der Waals surface area contributed by atoms with Crippen LogP contribution in [0.3, 0.4) is 0 Å². The molecule has 1 aromatic carbocycles. The van der Waals surface area contributed by atoms with E-state index >= 15 is 0 Å². The van der Waals surface area contributed by atoms with E-state index in [-0.39, 0.29) is 11.5 Å². The number of aliphatic hydroxyl groups is 2. The maximum absolute atomic E-state index is 10.6. The van der Waals surface area contributed by atoms with E-state index in [1.165, 1.54) is 24.0 Å². The van der Waals surface area contributed by atoms with E-state index in [2.05, 4.69) is 32.0 Å². The van der Waals surface area contributed by atoms with Gasteiger partial charge in [-0.3, -0.25) is 0 Å². The van der Waals surface area contributed by atoms with Crippen LogP contribution < -0.4 is 0 Å². The standard InChI is InChI=1S/C21H30O2/c1-13-3-4-16-15(11-13)12-14(8-10-22)20-17(16)7-9-21(2)18(20)5-6-19(21)23/h3-4,11,14,17-20,22-23H,5-10,12H2,1-2H3/t14?,17?,18?,19?,20-,21+/m1/s1. The summed E-state index contributed by atoms with van der Waals surface area (Å²) in [6, 6.07) is 7.00. The van der Waals surface area contributed by atoms with Crippen LogP contribution in [0.2, 0.25) is 0 Å². The minimum absolute atomic E-state index is 0.108. The molecule has 3 aliphatic rings. The molecule has 2 heteroatoms. The van der Waals surface area contributed by atoms with Gasteiger partial charge in [-0.2, -0.15) is 0 Å². The number of hydrogen-bond donors (Lipinski definition) is 2. The van der Waals surface area contributed by atoms with E-state index in [0.717, 1.165) is 25.7 Å². The van der Waals surface area contributed by atoms with Crippen molar-refractivity contribution in [2.75, 3.05) is 6.61 Å². The number of aryl methyl sites for hydroxylation is 1. The second-order valence-corrected chi connectivity index (χ2v) is 8.61. The van der Waals surface area contributed by atoms with Crippen molar-refractivity contribution in [3.05, 3.63) is 34.9 Å². The molecule has 2 nitrogen and oxygen atoms in total. The molecule has 2 fully saturated rings. The Morgan fingerprint density at radius 2 is 2.04 bits per heavy atom. The average molecular weight is 314 g/mol. The van der Waals surface area contributed by atoms with Gasteiger partial charge in [0.2, 0.25) is 0 Å². The molecule has 23 heavy (non-hydrogen) atoms. The fourth-order valence-electron chi connectivity index (χ4n) is 6.34. The SMILES string of the molecule is Cc1ccc2c(c1)CC(CCO)[C@@H]1C2CC[C@]2(C)C(O)CCC12. The molecule has 0 aliphatic heterocycles. The second-order valence-electron chi connectivity index (χ2n) is 8.61. The Morgan fingerprint density at radius 3 is 2.83 bits per heavy atom. The van der Waals surface area contributed by atoms with Gasteiger partial charge in [0, 0.05) is 6.61 Å². The van der Waals surface area contributed by atoms with Crippen LogP contribution in [0.4, 0.5) is 0 Å². The van der Waals surface area contributed by atoms with Gasteiger partial charge in [-0.25, -0.2) is 0 Å². The Morgan fingerprint density at radius 1 is 1.22 bits per heavy atom. The second kappa shape index (κ2) is 5.60. The zero-order valence-electron chi connectivity index (χ0n) is 14.5. The lowest BCUT2D eigenvalue weighted by molar-refractivity contribution is -0.0410. The monoisotopic (exact) mass is 314 g/mol. The Hall–Kier alpha value is -0.860. The van der Waals surface area contributed by atoms with Crippen molar-refractivity contribution >= 4 is 0 Å². The molecule has 6 atom stereocenters. The lowest BCUT2D eigenvalue weighted by Crippen LogP contribution is -2.47. The van der Waals surface area contributed by atoms with Gasteiger partial charge in [-0.15, -0.1) is 0 Å². The third-order valence-electron chi connectivity index (χ3n) is 7.51. The van der Waals surface area contributed by atoms with Gasteiger partial charge in [0.05, 0.1) is 6.10 Å². The minimum atomic E-state index is -0.123. The summed E-state index contributed by atoms with van der Waals surface area (Å²) >= 11 is 0. The van der Waals surface area contributed by atoms with Gasteiger partial charge < -0.3 is 10.2 Å². The van der Waals surface area contributed by atoms with E-state index in [1.54, 1.807) is 5.56 Å². The molecular weight excluding hydrogens is 284 g/mol. The summed E-state index contributed by atoms with van der Waals surface area (Å²) in [6.45, 7) is 4.80. The third-order valence-corrected chi connectivity index (χ3v) is 7.51. The van der Waals surface area contributed by atoms with Gasteiger partial charge in [-0.1, -0.05) is 30.7 Å². The quantitative estimate of drug-likeness (QED) is 0.871. The van der Waals surface area contributed by atoms with Gasteiger partial charge in [0.1, 0.15) is 0 Å². The van der Waals surface area contributed by atoms with Crippen LogP contribution in [0, 0.1) is 30.1 Å². The fourth-order valence-corrected chi connectivity index (χ4v) is 6.34. The first-order chi connectivity index (χ1) is 11.0. The summed E-state index contributed by atoms with van der Waals surface area (Å²) in [5.74, 6) is 2.49. The third kappa shape index (κ3) is 2.29. The lowest BCUT2D eigenvalue weighted by atomic mass is 9.52. The van der Waals surface area contributed by atoms with Crippen molar-refractivity contribution in [2.45, 2.75) is 64.4 Å². The maximum Gasteiger partial charge on any atom is 0.0596 e. The first-order valence-corrected chi connectivity index (χ1v) is 9.43. The predicted molar refractivity (Wildman–Crippen MR) is 92.4 cm³/mol. The van der Waals surface area contributed by atoms with Crippen LogP contribution in [-0.4, -0.2) is 22.9 Å². The molecule has 4 rings (SSSR count). The number of aliphatic hydroxyl groups excluding tert-OH is 2. The Labute approximate surface area is 139 Å². The maximum atomic E-state index is 10.6. The van der Waals surface area contributed by atoms with Crippen molar-refractivity contribution in [1.82, 2.24) is 0 Å². The summed E-state index contributed by atoms with van der Waals surface area (Å²) < 4.78 is 0. The molecule has 0 amide bonds. The number of hydrogen-bond acceptors (Lipinski definition) is 2. The van der Waals surface area contributed by atoms with Gasteiger partial charge in [0.25, 0.3) is 0 Å². The number of rotatable bonds is 2. The highest BCUT2D eigenvalue weighted by Crippen LogP contribution is 2.62. The lowest BCUT2D eigenvalue weighted by Gasteiger charge is -2.53. The van der Waals surface area contributed by atoms with Crippen molar-refractivity contribution in [1.29, 1.82) is 0 Å². The first kappa shape index (κ1) is 15.7. The summed E-state index contributed by atoms with van der Waals surface area (Å²) in [5, 5.41) is 20.2. The molecular formula is C21H30O2. The van der Waals surface area contributed by atoms with E-state index in [1.807, 2.05) is 0 Å². The zero-order valence-corrected chi connectivity index (χ0v) is 14.5. The molecule has 4 unspecified atom stereocenters. The molecule has 2 saturated carbocycles. The largest absolute Gasteiger partial charge is 0.396 e. The molecule has 0 radical (unpaired) electrons. The number of benzene rings is 1. The van der Waals surface area contributed by atoms with Crippen LogP contribution >= 0.6 is 0 Å². The summed E-state index contributed by atoms with van der Waals surface area (Å²) in [6.07, 6.45) is 6.39. The molecule has 1 aromatic rings. The van der Waals surface area contributed by atoms with E-state index in [9.17, 15) is 10.2 Å². The predicted octanol–water partition coefficient (Wildman–Crippen LogP) is 3.82. The molecule has 0 bridgehead atoms. The van der Waals surface area contributed by atoms with Crippen LogP contribution in [0.1, 0.15) is 61.6 Å². The molecule has 0 aromatic heterocycles. The van der Waals surface area contributed by atoms with E-state index in [0.29, 0.717) is 30.3 Å². The van der Waals surface area contributed by atoms with Gasteiger partial charge in [0.15, 0.2) is 0 Å². The molecule has 0 heterocycles. The number of fused-ring (bicyclic) bond motifs is 5. The summed E-state index contributed by atoms with van der Waals surface area (Å²) in [4.78, 5) is 0. The first-order valence-electron chi connectivity index (χ1n) is 9.43. The van der Waals surface area contributed by atoms with Crippen molar-refractivity contribution in [2.24, 2.45) is 23.2 Å². The molecule has 3 aliphatic carbocycles. The normalized spacial score (nSPS) is 42.0. The van der Waals surface area contributed by atoms with Crippen molar-refractivity contribution in [3.63, 3.8) is 0 Å². The van der Waals surface area contributed by atoms with Gasteiger partial charge >= 0.3 is 0 Å². The highest BCUT2D eigenvalue weighted by molar-refractivity contribution is 5.38. The van der Waals surface area contributed by atoms with Crippen molar-refractivity contribution < 1.29 is 10.2 Å². The smallest absolute Gasteiger partial charge is 0.0596 e. The molecule has 0 saturated heterocycles. The summed E-state index contributed by atoms with van der Waals surface area (Å²) in [5.41, 5.74) is 4.55. The fraction of sp³-hybridized carbons (Fsp3) is 0.714. The highest BCUT2D eigenvalue weighted by Gasteiger charge is 2.56. The zero-order chi connectivity index (χ0) is 16.2. The topological polar surface area (TPSA) is 40.5 Å². The van der Waals surface area contributed by atoms with Gasteiger partial charge in [-0.05, 0) is 85.7 Å². The minimum Gasteiger partial charge on any atom is -0.396 e. The molecule has 126 valence electrons. The Balaban J connectivity index is 1.76. The molecule has 2 N–H and O–H groups in total. The van der Waals surface area contributed by atoms with Crippen LogP contribution in [0.5, 0.6) is 0 Å². The Bertz CT molecular complexity index is 596. The molecule has 0 spiro atoms. The van der Waals surface area contributed by atoms with Crippen LogP contribution in [-0.2, 0) is 6.42 Å².